The molecule has 1 radical (unpaired) electrons. The molecule has 0 N–H and O–H groups in total. The quantitative estimate of drug-likeness (QED) is 0.740. The molecular formula is C21H21O. The largest absolute Gasteiger partial charge is 0.496 e. The van der Waals surface area contributed by atoms with Crippen molar-refractivity contribution < 1.29 is 4.74 Å². The number of allylic oxidation sites excluding steroid dienone is 3. The van der Waals surface area contributed by atoms with Crippen molar-refractivity contribution in [2.45, 2.75) is 20.3 Å². The summed E-state index contributed by atoms with van der Waals surface area (Å²) in [4.78, 5) is 0. The van der Waals surface area contributed by atoms with E-state index in [1.165, 1.54) is 33.4 Å². The predicted molar refractivity (Wildman–Crippen MR) is 93.2 cm³/mol. The molecule has 0 bridgehead atoms. The first-order valence-electron chi connectivity index (χ1n) is 7.65. The van der Waals surface area contributed by atoms with Gasteiger partial charge >= 0.3 is 0 Å². The number of benzene rings is 2. The van der Waals surface area contributed by atoms with Crippen molar-refractivity contribution in [1.29, 1.82) is 0 Å². The third kappa shape index (κ3) is 2.85. The smallest absolute Gasteiger partial charge is 0.123 e. The van der Waals surface area contributed by atoms with E-state index in [0.29, 0.717) is 0 Å². The predicted octanol–water partition coefficient (Wildman–Crippen LogP) is 5.35. The van der Waals surface area contributed by atoms with Crippen LogP contribution in [0.15, 0.2) is 60.4 Å². The molecule has 1 aliphatic rings. The fourth-order valence-electron chi connectivity index (χ4n) is 2.90. The Morgan fingerprint density at radius 1 is 0.864 bits per heavy atom. The molecule has 0 amide bonds. The number of rotatable bonds is 3. The Labute approximate surface area is 133 Å². The molecule has 2 aromatic rings. The van der Waals surface area contributed by atoms with Gasteiger partial charge in [0.25, 0.3) is 0 Å². The maximum Gasteiger partial charge on any atom is 0.123 e. The normalized spacial score (nSPS) is 14.8. The van der Waals surface area contributed by atoms with Gasteiger partial charge < -0.3 is 4.74 Å². The molecule has 0 heterocycles. The van der Waals surface area contributed by atoms with Crippen LogP contribution in [-0.2, 0) is 4.74 Å². The molecule has 0 aliphatic heterocycles. The van der Waals surface area contributed by atoms with Crippen LogP contribution in [0.5, 0.6) is 0 Å². The van der Waals surface area contributed by atoms with E-state index < -0.39 is 0 Å². The van der Waals surface area contributed by atoms with Crippen molar-refractivity contribution >= 4 is 11.1 Å². The zero-order valence-electron chi connectivity index (χ0n) is 13.4. The number of ether oxygens (including phenoxy) is 1. The summed E-state index contributed by atoms with van der Waals surface area (Å²) in [5.74, 6) is 0.961. The maximum absolute atomic E-state index is 5.65. The van der Waals surface area contributed by atoms with Crippen molar-refractivity contribution in [2.75, 3.05) is 7.11 Å². The van der Waals surface area contributed by atoms with Gasteiger partial charge in [-0.3, -0.25) is 0 Å². The Balaban J connectivity index is 2.19. The van der Waals surface area contributed by atoms with Crippen molar-refractivity contribution in [1.82, 2.24) is 0 Å². The maximum atomic E-state index is 5.65. The summed E-state index contributed by atoms with van der Waals surface area (Å²) in [5.41, 5.74) is 7.43. The van der Waals surface area contributed by atoms with Crippen LogP contribution in [-0.4, -0.2) is 7.11 Å². The summed E-state index contributed by atoms with van der Waals surface area (Å²) < 4.78 is 5.65. The van der Waals surface area contributed by atoms with Crippen LogP contribution in [0.4, 0.5) is 0 Å². The average molecular weight is 289 g/mol. The lowest BCUT2D eigenvalue weighted by molar-refractivity contribution is 0.309. The molecule has 0 saturated heterocycles. The van der Waals surface area contributed by atoms with Gasteiger partial charge in [0, 0.05) is 5.57 Å². The topological polar surface area (TPSA) is 9.23 Å². The Kier molecular flexibility index (Phi) is 4.15. The van der Waals surface area contributed by atoms with Crippen molar-refractivity contribution in [3.8, 4) is 0 Å². The van der Waals surface area contributed by atoms with Crippen LogP contribution in [0.1, 0.15) is 28.7 Å². The summed E-state index contributed by atoms with van der Waals surface area (Å²) in [7, 11) is 1.75. The van der Waals surface area contributed by atoms with Gasteiger partial charge in [-0.2, -0.15) is 0 Å². The molecule has 0 atom stereocenters. The summed E-state index contributed by atoms with van der Waals surface area (Å²) in [6, 6.07) is 17.3. The number of hydrogen-bond donors (Lipinski definition) is 0. The van der Waals surface area contributed by atoms with E-state index >= 15 is 0 Å². The number of methoxy groups -OCH3 is 1. The summed E-state index contributed by atoms with van der Waals surface area (Å²) in [5, 5.41) is 0. The Hall–Kier alpha value is -2.28. The van der Waals surface area contributed by atoms with Gasteiger partial charge in [-0.25, -0.2) is 0 Å². The van der Waals surface area contributed by atoms with Gasteiger partial charge in [0.15, 0.2) is 0 Å². The van der Waals surface area contributed by atoms with Crippen molar-refractivity contribution in [2.24, 2.45) is 0 Å². The van der Waals surface area contributed by atoms with Crippen LogP contribution in [0, 0.1) is 20.3 Å². The minimum Gasteiger partial charge on any atom is -0.496 e. The van der Waals surface area contributed by atoms with Gasteiger partial charge in [0.05, 0.1) is 7.11 Å². The average Bonchev–Trinajstić information content (AvgIpc) is 2.55. The number of aryl methyl sites for hydroxylation is 2. The molecule has 0 fully saturated rings. The summed E-state index contributed by atoms with van der Waals surface area (Å²) in [6.07, 6.45) is 5.34. The van der Waals surface area contributed by atoms with Gasteiger partial charge in [-0.05, 0) is 49.5 Å². The first-order valence-corrected chi connectivity index (χ1v) is 7.65. The second kappa shape index (κ2) is 6.23. The SMILES string of the molecule is COC1=CC[CH]C(c2cccc(C)c2)=C1c1ccc(C)cc1. The molecule has 0 aromatic heterocycles. The van der Waals surface area contributed by atoms with Crippen LogP contribution < -0.4 is 0 Å². The van der Waals surface area contributed by atoms with E-state index in [-0.39, 0.29) is 0 Å². The summed E-state index contributed by atoms with van der Waals surface area (Å²) in [6.45, 7) is 4.24. The fraction of sp³-hybridized carbons (Fsp3) is 0.190. The van der Waals surface area contributed by atoms with E-state index in [4.69, 9.17) is 4.74 Å². The van der Waals surface area contributed by atoms with Crippen LogP contribution >= 0.6 is 0 Å². The van der Waals surface area contributed by atoms with Gasteiger partial charge in [0.1, 0.15) is 5.76 Å². The number of hydrogen-bond acceptors (Lipinski definition) is 1. The Bertz CT molecular complexity index is 733. The van der Waals surface area contributed by atoms with Gasteiger partial charge in [0.2, 0.25) is 0 Å². The van der Waals surface area contributed by atoms with E-state index in [2.05, 4.69) is 74.9 Å². The van der Waals surface area contributed by atoms with Crippen molar-refractivity contribution in [3.63, 3.8) is 0 Å². The highest BCUT2D eigenvalue weighted by atomic mass is 16.5. The minimum absolute atomic E-state index is 0.905. The molecule has 0 unspecified atom stereocenters. The molecule has 111 valence electrons. The highest BCUT2D eigenvalue weighted by Crippen LogP contribution is 2.38. The fourth-order valence-corrected chi connectivity index (χ4v) is 2.90. The zero-order valence-corrected chi connectivity index (χ0v) is 13.4. The van der Waals surface area contributed by atoms with E-state index in [0.717, 1.165) is 12.2 Å². The second-order valence-corrected chi connectivity index (χ2v) is 5.74. The molecule has 3 rings (SSSR count). The molecule has 22 heavy (non-hydrogen) atoms. The molecular weight excluding hydrogens is 268 g/mol. The lowest BCUT2D eigenvalue weighted by Gasteiger charge is -2.22. The third-order valence-corrected chi connectivity index (χ3v) is 4.03. The molecule has 1 aliphatic carbocycles. The van der Waals surface area contributed by atoms with Crippen molar-refractivity contribution in [3.05, 3.63) is 89.0 Å². The first-order chi connectivity index (χ1) is 10.7. The third-order valence-electron chi connectivity index (χ3n) is 4.03. The van der Waals surface area contributed by atoms with Gasteiger partial charge in [-0.1, -0.05) is 59.7 Å². The monoisotopic (exact) mass is 289 g/mol. The minimum atomic E-state index is 0.905. The lowest BCUT2D eigenvalue weighted by atomic mass is 9.86. The summed E-state index contributed by atoms with van der Waals surface area (Å²) >= 11 is 0. The lowest BCUT2D eigenvalue weighted by Crippen LogP contribution is -2.03. The molecule has 2 aromatic carbocycles. The highest BCUT2D eigenvalue weighted by Gasteiger charge is 2.20. The van der Waals surface area contributed by atoms with E-state index in [1.807, 2.05) is 0 Å². The Morgan fingerprint density at radius 2 is 1.64 bits per heavy atom. The van der Waals surface area contributed by atoms with Crippen LogP contribution in [0.2, 0.25) is 0 Å². The van der Waals surface area contributed by atoms with Gasteiger partial charge in [-0.15, -0.1) is 0 Å². The van der Waals surface area contributed by atoms with Crippen LogP contribution in [0.3, 0.4) is 0 Å². The molecule has 0 spiro atoms. The molecule has 1 nitrogen and oxygen atoms in total. The first kappa shape index (κ1) is 14.6. The molecule has 1 heteroatoms. The van der Waals surface area contributed by atoms with E-state index in [9.17, 15) is 0 Å². The standard InChI is InChI=1S/C21H21O/c1-15-10-12-17(13-11-15)21-19(8-5-9-20(21)22-3)18-7-4-6-16(2)14-18/h4,6-14H,5H2,1-3H3. The molecule has 0 saturated carbocycles. The van der Waals surface area contributed by atoms with Crippen LogP contribution in [0.25, 0.3) is 11.1 Å². The Morgan fingerprint density at radius 3 is 2.32 bits per heavy atom. The zero-order chi connectivity index (χ0) is 15.5. The second-order valence-electron chi connectivity index (χ2n) is 5.74. The highest BCUT2D eigenvalue weighted by molar-refractivity contribution is 6.01. The van der Waals surface area contributed by atoms with E-state index in [1.54, 1.807) is 7.11 Å².